The van der Waals surface area contributed by atoms with Crippen LogP contribution in [0.1, 0.15) is 29.8 Å². The van der Waals surface area contributed by atoms with Crippen LogP contribution in [0.5, 0.6) is 0 Å². The Bertz CT molecular complexity index is 439. The molecular weight excluding hydrogens is 220 g/mol. The van der Waals surface area contributed by atoms with Crippen molar-refractivity contribution in [3.63, 3.8) is 0 Å². The largest absolute Gasteiger partial charge is 0.385 e. The topological polar surface area (TPSA) is 69.9 Å². The second-order valence-electron chi connectivity index (χ2n) is 4.53. The van der Waals surface area contributed by atoms with Crippen LogP contribution in [0.25, 0.3) is 0 Å². The molecule has 0 amide bonds. The average molecular weight is 234 g/mol. The SMILES string of the molecule is O[C@@H]1c2ccccc2[C@H](O)C12CC=C[C@H](O)O2. The first-order valence-electron chi connectivity index (χ1n) is 5.62. The van der Waals surface area contributed by atoms with Crippen molar-refractivity contribution in [3.8, 4) is 0 Å². The van der Waals surface area contributed by atoms with Crippen LogP contribution in [0, 0.1) is 0 Å². The van der Waals surface area contributed by atoms with E-state index in [2.05, 4.69) is 0 Å². The third-order valence-electron chi connectivity index (χ3n) is 3.59. The van der Waals surface area contributed by atoms with Gasteiger partial charge in [-0.3, -0.25) is 0 Å². The van der Waals surface area contributed by atoms with Crippen molar-refractivity contribution >= 4 is 0 Å². The standard InChI is InChI=1S/C13H14O4/c14-10-6-3-7-13(17-10)11(15)8-4-1-2-5-9(8)12(13)16/h1-6,10-12,14-16H,7H2/t10-,11-,12+,13?/m1/s1. The van der Waals surface area contributed by atoms with Gasteiger partial charge in [0, 0.05) is 6.42 Å². The quantitative estimate of drug-likeness (QED) is 0.581. The lowest BCUT2D eigenvalue weighted by atomic mass is 9.89. The van der Waals surface area contributed by atoms with E-state index in [4.69, 9.17) is 4.74 Å². The first kappa shape index (κ1) is 10.9. The average Bonchev–Trinajstić information content (AvgIpc) is 2.54. The summed E-state index contributed by atoms with van der Waals surface area (Å²) in [4.78, 5) is 0. The van der Waals surface area contributed by atoms with E-state index in [0.29, 0.717) is 17.5 Å². The second-order valence-corrected chi connectivity index (χ2v) is 4.53. The number of fused-ring (bicyclic) bond motifs is 1. The summed E-state index contributed by atoms with van der Waals surface area (Å²) in [7, 11) is 0. The Morgan fingerprint density at radius 3 is 2.18 bits per heavy atom. The molecule has 0 radical (unpaired) electrons. The fourth-order valence-electron chi connectivity index (χ4n) is 2.72. The molecule has 1 aromatic carbocycles. The van der Waals surface area contributed by atoms with Gasteiger partial charge in [-0.25, -0.2) is 0 Å². The summed E-state index contributed by atoms with van der Waals surface area (Å²) in [5, 5.41) is 30.1. The molecule has 0 bridgehead atoms. The summed E-state index contributed by atoms with van der Waals surface area (Å²) in [6.45, 7) is 0. The van der Waals surface area contributed by atoms with Gasteiger partial charge in [-0.2, -0.15) is 0 Å². The van der Waals surface area contributed by atoms with Crippen molar-refractivity contribution in [1.29, 1.82) is 0 Å². The molecule has 0 fully saturated rings. The zero-order valence-electron chi connectivity index (χ0n) is 9.15. The first-order chi connectivity index (χ1) is 8.15. The molecule has 3 rings (SSSR count). The molecule has 17 heavy (non-hydrogen) atoms. The highest BCUT2D eigenvalue weighted by Gasteiger charge is 2.54. The molecule has 0 saturated heterocycles. The van der Waals surface area contributed by atoms with E-state index < -0.39 is 24.1 Å². The van der Waals surface area contributed by atoms with Crippen LogP contribution in [0.2, 0.25) is 0 Å². The maximum atomic E-state index is 10.3. The minimum Gasteiger partial charge on any atom is -0.385 e. The van der Waals surface area contributed by atoms with Crippen LogP contribution in [-0.2, 0) is 4.74 Å². The van der Waals surface area contributed by atoms with Gasteiger partial charge in [-0.05, 0) is 17.2 Å². The Morgan fingerprint density at radius 1 is 1.06 bits per heavy atom. The molecule has 4 nitrogen and oxygen atoms in total. The monoisotopic (exact) mass is 234 g/mol. The van der Waals surface area contributed by atoms with E-state index in [1.54, 1.807) is 18.2 Å². The Labute approximate surface area is 98.8 Å². The maximum Gasteiger partial charge on any atom is 0.175 e. The molecule has 1 aromatic rings. The van der Waals surface area contributed by atoms with Crippen molar-refractivity contribution in [3.05, 3.63) is 47.5 Å². The normalized spacial score (nSPS) is 39.6. The maximum absolute atomic E-state index is 10.3. The van der Waals surface area contributed by atoms with Crippen LogP contribution >= 0.6 is 0 Å². The van der Waals surface area contributed by atoms with Gasteiger partial charge in [0.2, 0.25) is 0 Å². The zero-order valence-corrected chi connectivity index (χ0v) is 9.15. The van der Waals surface area contributed by atoms with Crippen molar-refractivity contribution in [2.75, 3.05) is 0 Å². The summed E-state index contributed by atoms with van der Waals surface area (Å²) >= 11 is 0. The fraction of sp³-hybridized carbons (Fsp3) is 0.385. The lowest BCUT2D eigenvalue weighted by Gasteiger charge is -2.38. The summed E-state index contributed by atoms with van der Waals surface area (Å²) < 4.78 is 5.41. The molecule has 2 aliphatic rings. The van der Waals surface area contributed by atoms with Crippen LogP contribution in [-0.4, -0.2) is 27.2 Å². The number of aliphatic hydroxyl groups excluding tert-OH is 3. The second kappa shape index (κ2) is 3.65. The molecule has 1 aliphatic carbocycles. The van der Waals surface area contributed by atoms with Gasteiger partial charge in [0.05, 0.1) is 0 Å². The van der Waals surface area contributed by atoms with E-state index in [0.717, 1.165) is 0 Å². The van der Waals surface area contributed by atoms with Crippen LogP contribution in [0.3, 0.4) is 0 Å². The molecule has 1 unspecified atom stereocenters. The zero-order chi connectivity index (χ0) is 12.0. The van der Waals surface area contributed by atoms with Crippen molar-refractivity contribution in [2.45, 2.75) is 30.5 Å². The summed E-state index contributed by atoms with van der Waals surface area (Å²) in [5.74, 6) is 0. The molecule has 4 atom stereocenters. The summed E-state index contributed by atoms with van der Waals surface area (Å²) in [6, 6.07) is 7.16. The Balaban J connectivity index is 2.08. The lowest BCUT2D eigenvalue weighted by Crippen LogP contribution is -2.44. The van der Waals surface area contributed by atoms with Crippen LogP contribution in [0.4, 0.5) is 0 Å². The molecule has 0 saturated carbocycles. The van der Waals surface area contributed by atoms with Gasteiger partial charge >= 0.3 is 0 Å². The predicted molar refractivity (Wildman–Crippen MR) is 59.9 cm³/mol. The molecule has 1 heterocycles. The summed E-state index contributed by atoms with van der Waals surface area (Å²) in [6.07, 6.45) is 0.685. The Kier molecular flexibility index (Phi) is 2.34. The molecule has 3 N–H and O–H groups in total. The third-order valence-corrected chi connectivity index (χ3v) is 3.59. The Morgan fingerprint density at radius 2 is 1.65 bits per heavy atom. The molecule has 1 spiro atoms. The van der Waals surface area contributed by atoms with E-state index in [-0.39, 0.29) is 0 Å². The van der Waals surface area contributed by atoms with Crippen molar-refractivity contribution < 1.29 is 20.1 Å². The molecule has 0 aromatic heterocycles. The minimum absolute atomic E-state index is 0.376. The number of ether oxygens (including phenoxy) is 1. The Hall–Kier alpha value is -1.20. The van der Waals surface area contributed by atoms with Crippen LogP contribution in [0.15, 0.2) is 36.4 Å². The number of hydrogen-bond donors (Lipinski definition) is 3. The van der Waals surface area contributed by atoms with E-state index in [9.17, 15) is 15.3 Å². The fourth-order valence-corrected chi connectivity index (χ4v) is 2.72. The highest BCUT2D eigenvalue weighted by atomic mass is 16.6. The van der Waals surface area contributed by atoms with E-state index >= 15 is 0 Å². The lowest BCUT2D eigenvalue weighted by molar-refractivity contribution is -0.239. The van der Waals surface area contributed by atoms with Gasteiger partial charge in [0.1, 0.15) is 17.8 Å². The van der Waals surface area contributed by atoms with E-state index in [1.807, 2.05) is 12.1 Å². The number of benzene rings is 1. The smallest absolute Gasteiger partial charge is 0.175 e. The van der Waals surface area contributed by atoms with Gasteiger partial charge in [0.25, 0.3) is 0 Å². The van der Waals surface area contributed by atoms with E-state index in [1.165, 1.54) is 6.08 Å². The third kappa shape index (κ3) is 1.39. The molecule has 1 aliphatic heterocycles. The first-order valence-corrected chi connectivity index (χ1v) is 5.62. The van der Waals surface area contributed by atoms with Gasteiger partial charge in [0.15, 0.2) is 6.29 Å². The van der Waals surface area contributed by atoms with Gasteiger partial charge < -0.3 is 20.1 Å². The summed E-state index contributed by atoms with van der Waals surface area (Å²) in [5.41, 5.74) is 0.183. The number of aliphatic hydroxyl groups is 3. The molecule has 90 valence electrons. The highest BCUT2D eigenvalue weighted by molar-refractivity contribution is 5.41. The van der Waals surface area contributed by atoms with Crippen molar-refractivity contribution in [2.24, 2.45) is 0 Å². The van der Waals surface area contributed by atoms with Gasteiger partial charge in [-0.1, -0.05) is 30.3 Å². The molecular formula is C13H14O4. The molecule has 4 heteroatoms. The van der Waals surface area contributed by atoms with Gasteiger partial charge in [-0.15, -0.1) is 0 Å². The number of rotatable bonds is 0. The number of hydrogen-bond acceptors (Lipinski definition) is 4. The van der Waals surface area contributed by atoms with Crippen LogP contribution < -0.4 is 0 Å². The minimum atomic E-state index is -1.15. The highest BCUT2D eigenvalue weighted by Crippen LogP contribution is 2.52. The van der Waals surface area contributed by atoms with Crippen molar-refractivity contribution in [1.82, 2.24) is 0 Å². The predicted octanol–water partition coefficient (Wildman–Crippen LogP) is 0.801.